The van der Waals surface area contributed by atoms with Gasteiger partial charge in [-0.1, -0.05) is 18.2 Å². The molecule has 0 saturated carbocycles. The van der Waals surface area contributed by atoms with E-state index < -0.39 is 10.0 Å². The van der Waals surface area contributed by atoms with E-state index in [-0.39, 0.29) is 10.7 Å². The van der Waals surface area contributed by atoms with Crippen LogP contribution in [-0.4, -0.2) is 39.2 Å². The smallest absolute Gasteiger partial charge is 0.264 e. The molecular formula is C20H22N2O3S. The highest BCUT2D eigenvalue weighted by molar-refractivity contribution is 7.92. The van der Waals surface area contributed by atoms with E-state index in [2.05, 4.69) is 4.90 Å². The average Bonchev–Trinajstić information content (AvgIpc) is 2.80. The number of aryl methyl sites for hydroxylation is 1. The van der Waals surface area contributed by atoms with Crippen LogP contribution in [0.15, 0.2) is 47.4 Å². The maximum atomic E-state index is 13.4. The lowest BCUT2D eigenvalue weighted by Gasteiger charge is -2.25. The Morgan fingerprint density at radius 3 is 2.62 bits per heavy atom. The SMILES string of the molecule is CN1CCN(S(=O)(=O)c2ccc3c(c2)CCCC3=O)c2ccccc2C1. The molecule has 0 radical (unpaired) electrons. The highest BCUT2D eigenvalue weighted by Gasteiger charge is 2.30. The molecule has 0 atom stereocenters. The lowest BCUT2D eigenvalue weighted by molar-refractivity contribution is 0.0972. The Kier molecular flexibility index (Phi) is 4.32. The van der Waals surface area contributed by atoms with E-state index in [1.165, 1.54) is 4.31 Å². The van der Waals surface area contributed by atoms with Gasteiger partial charge in [0, 0.05) is 31.6 Å². The quantitative estimate of drug-likeness (QED) is 0.816. The molecule has 26 heavy (non-hydrogen) atoms. The Bertz CT molecular complexity index is 969. The number of carbonyl (C=O) groups excluding carboxylic acids is 1. The summed E-state index contributed by atoms with van der Waals surface area (Å²) >= 11 is 0. The number of sulfonamides is 1. The number of carbonyl (C=O) groups is 1. The minimum Gasteiger partial charge on any atom is -0.300 e. The molecule has 136 valence electrons. The molecule has 0 fully saturated rings. The van der Waals surface area contributed by atoms with Crippen LogP contribution in [0, 0.1) is 0 Å². The first kappa shape index (κ1) is 17.2. The molecule has 1 aliphatic carbocycles. The molecule has 5 nitrogen and oxygen atoms in total. The summed E-state index contributed by atoms with van der Waals surface area (Å²) in [6.45, 7) is 1.80. The minimum atomic E-state index is -3.68. The van der Waals surface area contributed by atoms with Gasteiger partial charge in [-0.2, -0.15) is 0 Å². The topological polar surface area (TPSA) is 57.7 Å². The number of ketones is 1. The molecule has 2 aromatic carbocycles. The van der Waals surface area contributed by atoms with Crippen LogP contribution in [0.5, 0.6) is 0 Å². The lowest BCUT2D eigenvalue weighted by atomic mass is 9.91. The number of nitrogens with zero attached hydrogens (tertiary/aromatic N) is 2. The van der Waals surface area contributed by atoms with Crippen molar-refractivity contribution in [3.63, 3.8) is 0 Å². The van der Waals surface area contributed by atoms with Crippen LogP contribution in [-0.2, 0) is 23.0 Å². The van der Waals surface area contributed by atoms with Crippen LogP contribution in [0.2, 0.25) is 0 Å². The largest absolute Gasteiger partial charge is 0.300 e. The average molecular weight is 370 g/mol. The van der Waals surface area contributed by atoms with Gasteiger partial charge in [0.1, 0.15) is 0 Å². The third kappa shape index (κ3) is 2.93. The molecule has 1 aliphatic heterocycles. The molecule has 0 unspecified atom stereocenters. The van der Waals surface area contributed by atoms with Crippen molar-refractivity contribution in [1.29, 1.82) is 0 Å². The highest BCUT2D eigenvalue weighted by atomic mass is 32.2. The molecule has 0 spiro atoms. The zero-order valence-corrected chi connectivity index (χ0v) is 15.6. The van der Waals surface area contributed by atoms with Crippen LogP contribution >= 0.6 is 0 Å². The van der Waals surface area contributed by atoms with Gasteiger partial charge in [-0.05, 0) is 55.3 Å². The monoisotopic (exact) mass is 370 g/mol. The maximum absolute atomic E-state index is 13.4. The minimum absolute atomic E-state index is 0.108. The fourth-order valence-electron chi connectivity index (χ4n) is 3.80. The summed E-state index contributed by atoms with van der Waals surface area (Å²) in [6, 6.07) is 12.6. The van der Waals surface area contributed by atoms with Crippen molar-refractivity contribution in [2.24, 2.45) is 0 Å². The second kappa shape index (κ2) is 6.52. The number of benzene rings is 2. The van der Waals surface area contributed by atoms with Crippen molar-refractivity contribution in [3.8, 4) is 0 Å². The van der Waals surface area contributed by atoms with Crippen molar-refractivity contribution in [2.75, 3.05) is 24.4 Å². The number of rotatable bonds is 2. The van der Waals surface area contributed by atoms with Crippen LogP contribution in [0.25, 0.3) is 0 Å². The van der Waals surface area contributed by atoms with E-state index in [9.17, 15) is 13.2 Å². The van der Waals surface area contributed by atoms with E-state index in [0.29, 0.717) is 25.1 Å². The third-order valence-electron chi connectivity index (χ3n) is 5.20. The first-order chi connectivity index (χ1) is 12.5. The summed E-state index contributed by atoms with van der Waals surface area (Å²) < 4.78 is 28.3. The molecule has 6 heteroatoms. The second-order valence-electron chi connectivity index (χ2n) is 7.04. The van der Waals surface area contributed by atoms with Gasteiger partial charge in [0.2, 0.25) is 0 Å². The molecule has 1 heterocycles. The third-order valence-corrected chi connectivity index (χ3v) is 7.01. The summed E-state index contributed by atoms with van der Waals surface area (Å²) in [6.07, 6.45) is 2.08. The maximum Gasteiger partial charge on any atom is 0.264 e. The van der Waals surface area contributed by atoms with Gasteiger partial charge in [0.25, 0.3) is 10.0 Å². The van der Waals surface area contributed by atoms with E-state index in [4.69, 9.17) is 0 Å². The van der Waals surface area contributed by atoms with Crippen molar-refractivity contribution in [3.05, 3.63) is 59.2 Å². The van der Waals surface area contributed by atoms with Crippen molar-refractivity contribution in [2.45, 2.75) is 30.7 Å². The van der Waals surface area contributed by atoms with Crippen LogP contribution in [0.1, 0.15) is 34.3 Å². The van der Waals surface area contributed by atoms with Gasteiger partial charge in [-0.15, -0.1) is 0 Å². The predicted molar refractivity (Wildman–Crippen MR) is 101 cm³/mol. The first-order valence-corrected chi connectivity index (χ1v) is 10.4. The van der Waals surface area contributed by atoms with Gasteiger partial charge in [0.05, 0.1) is 10.6 Å². The molecule has 0 saturated heterocycles. The molecule has 0 amide bonds. The molecule has 0 aromatic heterocycles. The summed E-state index contributed by atoms with van der Waals surface area (Å²) in [7, 11) is -1.68. The summed E-state index contributed by atoms with van der Waals surface area (Å²) in [5, 5.41) is 0. The molecule has 2 aromatic rings. The Balaban J connectivity index is 1.79. The molecule has 2 aliphatic rings. The Labute approximate surface area is 154 Å². The molecular weight excluding hydrogens is 348 g/mol. The number of likely N-dealkylation sites (N-methyl/N-ethyl adjacent to an activating group) is 1. The van der Waals surface area contributed by atoms with Gasteiger partial charge >= 0.3 is 0 Å². The molecule has 0 bridgehead atoms. The van der Waals surface area contributed by atoms with E-state index >= 15 is 0 Å². The van der Waals surface area contributed by atoms with Crippen molar-refractivity contribution in [1.82, 2.24) is 4.90 Å². The Morgan fingerprint density at radius 2 is 1.77 bits per heavy atom. The number of hydrogen-bond donors (Lipinski definition) is 0. The fraction of sp³-hybridized carbons (Fsp3) is 0.350. The number of hydrogen-bond acceptors (Lipinski definition) is 4. The first-order valence-electron chi connectivity index (χ1n) is 8.92. The molecule has 0 N–H and O–H groups in total. The normalized spacial score (nSPS) is 18.2. The van der Waals surface area contributed by atoms with Crippen LogP contribution in [0.3, 0.4) is 0 Å². The predicted octanol–water partition coefficient (Wildman–Crippen LogP) is 2.85. The van der Waals surface area contributed by atoms with Crippen LogP contribution in [0.4, 0.5) is 5.69 Å². The highest BCUT2D eigenvalue weighted by Crippen LogP contribution is 2.31. The zero-order chi connectivity index (χ0) is 18.3. The number of fused-ring (bicyclic) bond motifs is 2. The second-order valence-corrected chi connectivity index (χ2v) is 8.90. The molecule has 4 rings (SSSR count). The summed E-state index contributed by atoms with van der Waals surface area (Å²) in [4.78, 5) is 14.4. The van der Waals surface area contributed by atoms with Gasteiger partial charge in [-0.3, -0.25) is 9.10 Å². The zero-order valence-electron chi connectivity index (χ0n) is 14.8. The van der Waals surface area contributed by atoms with Gasteiger partial charge < -0.3 is 4.90 Å². The number of anilines is 1. The van der Waals surface area contributed by atoms with Gasteiger partial charge in [-0.25, -0.2) is 8.42 Å². The van der Waals surface area contributed by atoms with Crippen LogP contribution < -0.4 is 4.31 Å². The van der Waals surface area contributed by atoms with Crippen molar-refractivity contribution >= 4 is 21.5 Å². The van der Waals surface area contributed by atoms with E-state index in [1.54, 1.807) is 18.2 Å². The van der Waals surface area contributed by atoms with E-state index in [0.717, 1.165) is 36.2 Å². The fourth-order valence-corrected chi connectivity index (χ4v) is 5.34. The number of Topliss-reactive ketones (excluding diaryl/α,β-unsaturated/α-hetero) is 1. The van der Waals surface area contributed by atoms with Crippen molar-refractivity contribution < 1.29 is 13.2 Å². The Hall–Kier alpha value is -2.18. The summed E-state index contributed by atoms with van der Waals surface area (Å²) in [5.41, 5.74) is 3.27. The lowest BCUT2D eigenvalue weighted by Crippen LogP contribution is -2.35. The van der Waals surface area contributed by atoms with E-state index in [1.807, 2.05) is 31.3 Å². The summed E-state index contributed by atoms with van der Waals surface area (Å²) in [5.74, 6) is 0.108. The number of para-hydroxylation sites is 1. The Morgan fingerprint density at radius 1 is 0.962 bits per heavy atom. The van der Waals surface area contributed by atoms with Gasteiger partial charge in [0.15, 0.2) is 5.78 Å². The standard InChI is InChI=1S/C20H22N2O3S/c1-21-11-12-22(19-7-3-2-5-16(19)14-21)26(24,25)17-9-10-18-15(13-17)6-4-8-20(18)23/h2-3,5,7,9-10,13H,4,6,8,11-12,14H2,1H3.